The molecule has 0 atom stereocenters. The molecular formula is C8H16O2S. The molecule has 0 saturated heterocycles. The van der Waals surface area contributed by atoms with E-state index in [9.17, 15) is 4.79 Å². The van der Waals surface area contributed by atoms with Crippen LogP contribution in [0.2, 0.25) is 0 Å². The molecule has 0 aromatic heterocycles. The van der Waals surface area contributed by atoms with Crippen LogP contribution in [0.4, 0.5) is 0 Å². The van der Waals surface area contributed by atoms with Gasteiger partial charge in [0.15, 0.2) is 0 Å². The van der Waals surface area contributed by atoms with Crippen LogP contribution in [-0.4, -0.2) is 21.6 Å². The van der Waals surface area contributed by atoms with E-state index in [0.29, 0.717) is 0 Å². The summed E-state index contributed by atoms with van der Waals surface area (Å²) in [6.45, 7) is 6.40. The molecule has 0 aromatic carbocycles. The van der Waals surface area contributed by atoms with Crippen molar-refractivity contribution in [2.45, 2.75) is 38.4 Å². The van der Waals surface area contributed by atoms with Gasteiger partial charge in [-0.1, -0.05) is 20.8 Å². The normalized spacial score (nSPS) is 11.5. The topological polar surface area (TPSA) is 37.3 Å². The van der Waals surface area contributed by atoms with Crippen LogP contribution in [0.15, 0.2) is 0 Å². The van der Waals surface area contributed by atoms with Crippen molar-refractivity contribution in [3.63, 3.8) is 0 Å². The fourth-order valence-electron chi connectivity index (χ4n) is 0.517. The van der Waals surface area contributed by atoms with Crippen LogP contribution in [0.3, 0.4) is 0 Å². The maximum absolute atomic E-state index is 10.2. The quantitative estimate of drug-likeness (QED) is 0.698. The number of carbonyl (C=O) groups is 1. The molecule has 0 aliphatic rings. The Bertz CT molecular complexity index is 132. The van der Waals surface area contributed by atoms with E-state index in [1.54, 1.807) is 11.8 Å². The second kappa shape index (κ2) is 4.65. The fourth-order valence-corrected chi connectivity index (χ4v) is 1.55. The lowest BCUT2D eigenvalue weighted by Crippen LogP contribution is -2.14. The first-order valence-electron chi connectivity index (χ1n) is 3.83. The summed E-state index contributed by atoms with van der Waals surface area (Å²) < 4.78 is 0.232. The van der Waals surface area contributed by atoms with Crippen molar-refractivity contribution in [2.24, 2.45) is 0 Å². The van der Waals surface area contributed by atoms with Crippen LogP contribution in [0.1, 0.15) is 33.6 Å². The molecule has 0 aromatic rings. The monoisotopic (exact) mass is 176 g/mol. The third-order valence-corrected chi connectivity index (χ3v) is 3.14. The molecule has 0 saturated carbocycles. The standard InChI is InChI=1S/C8H16O2S/c1-4-8(2,3)11-6-5-7(9)10/h4-6H2,1-3H3,(H,9,10). The van der Waals surface area contributed by atoms with Crippen LogP contribution in [0.5, 0.6) is 0 Å². The SMILES string of the molecule is CCC(C)(C)SCCC(=O)O. The molecule has 0 aliphatic heterocycles. The third-order valence-electron chi connectivity index (χ3n) is 1.66. The van der Waals surface area contributed by atoms with Gasteiger partial charge in [-0.3, -0.25) is 4.79 Å². The minimum absolute atomic E-state index is 0.232. The number of rotatable bonds is 5. The van der Waals surface area contributed by atoms with E-state index < -0.39 is 5.97 Å². The van der Waals surface area contributed by atoms with Gasteiger partial charge >= 0.3 is 5.97 Å². The van der Waals surface area contributed by atoms with E-state index in [1.807, 2.05) is 0 Å². The molecule has 1 N–H and O–H groups in total. The lowest BCUT2D eigenvalue weighted by molar-refractivity contribution is -0.136. The number of thioether (sulfide) groups is 1. The molecule has 0 unspecified atom stereocenters. The minimum Gasteiger partial charge on any atom is -0.481 e. The molecule has 0 fully saturated rings. The molecule has 0 spiro atoms. The van der Waals surface area contributed by atoms with Gasteiger partial charge in [0.05, 0.1) is 6.42 Å². The summed E-state index contributed by atoms with van der Waals surface area (Å²) >= 11 is 1.73. The second-order valence-corrected chi connectivity index (χ2v) is 4.91. The molecule has 0 aliphatic carbocycles. The average molecular weight is 176 g/mol. The highest BCUT2D eigenvalue weighted by atomic mass is 32.2. The van der Waals surface area contributed by atoms with Crippen LogP contribution >= 0.6 is 11.8 Å². The van der Waals surface area contributed by atoms with Crippen molar-refractivity contribution >= 4 is 17.7 Å². The maximum Gasteiger partial charge on any atom is 0.304 e. The Morgan fingerprint density at radius 2 is 2.09 bits per heavy atom. The van der Waals surface area contributed by atoms with Crippen molar-refractivity contribution in [1.29, 1.82) is 0 Å². The average Bonchev–Trinajstić information content (AvgIpc) is 1.87. The summed E-state index contributed by atoms with van der Waals surface area (Å²) in [6, 6.07) is 0. The Balaban J connectivity index is 3.45. The van der Waals surface area contributed by atoms with Gasteiger partial charge in [-0.25, -0.2) is 0 Å². The highest BCUT2D eigenvalue weighted by molar-refractivity contribution is 8.00. The first-order chi connectivity index (χ1) is 4.98. The number of hydrogen-bond donors (Lipinski definition) is 1. The molecule has 66 valence electrons. The predicted octanol–water partition coefficient (Wildman–Crippen LogP) is 2.38. The van der Waals surface area contributed by atoms with Gasteiger partial charge in [-0.15, -0.1) is 0 Å². The van der Waals surface area contributed by atoms with E-state index in [2.05, 4.69) is 20.8 Å². The van der Waals surface area contributed by atoms with Crippen molar-refractivity contribution in [3.05, 3.63) is 0 Å². The molecular weight excluding hydrogens is 160 g/mol. The molecule has 0 radical (unpaired) electrons. The van der Waals surface area contributed by atoms with E-state index in [1.165, 1.54) is 0 Å². The molecule has 0 bridgehead atoms. The lowest BCUT2D eigenvalue weighted by Gasteiger charge is -2.20. The summed E-state index contributed by atoms with van der Waals surface area (Å²) in [5.74, 6) is 0.0142. The van der Waals surface area contributed by atoms with Crippen LogP contribution in [0.25, 0.3) is 0 Å². The summed E-state index contributed by atoms with van der Waals surface area (Å²) in [7, 11) is 0. The van der Waals surface area contributed by atoms with E-state index >= 15 is 0 Å². The molecule has 11 heavy (non-hydrogen) atoms. The predicted molar refractivity (Wildman–Crippen MR) is 49.1 cm³/mol. The number of carboxylic acids is 1. The van der Waals surface area contributed by atoms with Gasteiger partial charge in [0, 0.05) is 10.5 Å². The summed E-state index contributed by atoms with van der Waals surface area (Å²) in [5.41, 5.74) is 0. The van der Waals surface area contributed by atoms with Gasteiger partial charge in [-0.2, -0.15) is 11.8 Å². The lowest BCUT2D eigenvalue weighted by atomic mass is 10.1. The van der Waals surface area contributed by atoms with Gasteiger partial charge in [0.1, 0.15) is 0 Å². The smallest absolute Gasteiger partial charge is 0.304 e. The Kier molecular flexibility index (Phi) is 4.57. The van der Waals surface area contributed by atoms with Crippen molar-refractivity contribution in [2.75, 3.05) is 5.75 Å². The zero-order valence-electron chi connectivity index (χ0n) is 7.39. The Morgan fingerprint density at radius 3 is 2.45 bits per heavy atom. The van der Waals surface area contributed by atoms with Crippen molar-refractivity contribution in [1.82, 2.24) is 0 Å². The van der Waals surface area contributed by atoms with Crippen molar-refractivity contribution in [3.8, 4) is 0 Å². The highest BCUT2D eigenvalue weighted by Crippen LogP contribution is 2.27. The molecule has 2 nitrogen and oxygen atoms in total. The van der Waals surface area contributed by atoms with Gasteiger partial charge in [-0.05, 0) is 6.42 Å². The zero-order chi connectivity index (χ0) is 8.91. The van der Waals surface area contributed by atoms with Gasteiger partial charge in [0.25, 0.3) is 0 Å². The summed E-state index contributed by atoms with van der Waals surface area (Å²) in [4.78, 5) is 10.2. The van der Waals surface area contributed by atoms with Gasteiger partial charge < -0.3 is 5.11 Å². The number of carboxylic acid groups (broad SMARTS) is 1. The van der Waals surface area contributed by atoms with E-state index in [-0.39, 0.29) is 11.2 Å². The second-order valence-electron chi connectivity index (χ2n) is 3.11. The first kappa shape index (κ1) is 10.8. The Hall–Kier alpha value is -0.180. The summed E-state index contributed by atoms with van der Waals surface area (Å²) in [6.07, 6.45) is 1.35. The van der Waals surface area contributed by atoms with Gasteiger partial charge in [0.2, 0.25) is 0 Å². The molecule has 3 heteroatoms. The maximum atomic E-state index is 10.2. The molecule has 0 amide bonds. The number of hydrogen-bond acceptors (Lipinski definition) is 2. The molecule has 0 rings (SSSR count). The zero-order valence-corrected chi connectivity index (χ0v) is 8.20. The van der Waals surface area contributed by atoms with E-state index in [0.717, 1.165) is 12.2 Å². The Labute approximate surface area is 72.4 Å². The fraction of sp³-hybridized carbons (Fsp3) is 0.875. The minimum atomic E-state index is -0.704. The van der Waals surface area contributed by atoms with Crippen LogP contribution in [0, 0.1) is 0 Å². The largest absolute Gasteiger partial charge is 0.481 e. The Morgan fingerprint density at radius 1 is 1.55 bits per heavy atom. The molecule has 0 heterocycles. The van der Waals surface area contributed by atoms with Crippen LogP contribution in [-0.2, 0) is 4.79 Å². The summed E-state index contributed by atoms with van der Waals surface area (Å²) in [5, 5.41) is 8.37. The third kappa shape index (κ3) is 6.23. The van der Waals surface area contributed by atoms with Crippen LogP contribution < -0.4 is 0 Å². The first-order valence-corrected chi connectivity index (χ1v) is 4.82. The number of aliphatic carboxylic acids is 1. The van der Waals surface area contributed by atoms with Crippen molar-refractivity contribution < 1.29 is 9.90 Å². The highest BCUT2D eigenvalue weighted by Gasteiger charge is 2.15. The van der Waals surface area contributed by atoms with E-state index in [4.69, 9.17) is 5.11 Å².